The predicted octanol–water partition coefficient (Wildman–Crippen LogP) is 3.79. The Balaban J connectivity index is 1.68. The Morgan fingerprint density at radius 2 is 2.05 bits per heavy atom. The van der Waals surface area contributed by atoms with Crippen molar-refractivity contribution in [1.82, 2.24) is 10.2 Å². The summed E-state index contributed by atoms with van der Waals surface area (Å²) in [5.74, 6) is 0. The van der Waals surface area contributed by atoms with Gasteiger partial charge < -0.3 is 10.2 Å². The van der Waals surface area contributed by atoms with Crippen LogP contribution in [0.5, 0.6) is 0 Å². The van der Waals surface area contributed by atoms with Gasteiger partial charge in [0.05, 0.1) is 0 Å². The van der Waals surface area contributed by atoms with Crippen LogP contribution in [0.15, 0.2) is 23.8 Å². The molecule has 2 aliphatic carbocycles. The van der Waals surface area contributed by atoms with Gasteiger partial charge in [0.25, 0.3) is 0 Å². The van der Waals surface area contributed by atoms with E-state index in [1.165, 1.54) is 31.2 Å². The minimum atomic E-state index is 0.604. The first-order valence-electron chi connectivity index (χ1n) is 9.00. The Labute approximate surface area is 135 Å². The first kappa shape index (κ1) is 15.8. The van der Waals surface area contributed by atoms with Crippen molar-refractivity contribution in [3.63, 3.8) is 0 Å². The Hall–Kier alpha value is -1.12. The lowest BCUT2D eigenvalue weighted by Gasteiger charge is -2.28. The van der Waals surface area contributed by atoms with E-state index in [1.807, 2.05) is 0 Å². The van der Waals surface area contributed by atoms with Crippen LogP contribution in [0.25, 0.3) is 5.57 Å². The second-order valence-electron chi connectivity index (χ2n) is 6.77. The van der Waals surface area contributed by atoms with Gasteiger partial charge in [0.15, 0.2) is 0 Å². The predicted molar refractivity (Wildman–Crippen MR) is 95.2 cm³/mol. The fourth-order valence-corrected chi connectivity index (χ4v) is 4.06. The Morgan fingerprint density at radius 1 is 1.23 bits per heavy atom. The summed E-state index contributed by atoms with van der Waals surface area (Å²) in [5, 5.41) is 3.84. The standard InChI is InChI=1S/C20H30N2/c1-4-22(5-2)12-11-21-20-8-6-7-17-18-13-15(3)9-10-16(18)14-19(17)20/h9-10,13,20-21H,4-8,11-12,14H2,1-3H3. The maximum Gasteiger partial charge on any atom is 0.0289 e. The van der Waals surface area contributed by atoms with Crippen LogP contribution < -0.4 is 5.32 Å². The fraction of sp³-hybridized carbons (Fsp3) is 0.600. The molecule has 3 rings (SSSR count). The SMILES string of the molecule is CCN(CC)CCNC1CCCC2=C1Cc1ccc(C)cc12. The van der Waals surface area contributed by atoms with E-state index < -0.39 is 0 Å². The highest BCUT2D eigenvalue weighted by atomic mass is 15.1. The summed E-state index contributed by atoms with van der Waals surface area (Å²) in [7, 11) is 0. The van der Waals surface area contributed by atoms with E-state index in [0.717, 1.165) is 26.2 Å². The van der Waals surface area contributed by atoms with Gasteiger partial charge in [-0.15, -0.1) is 0 Å². The molecular weight excluding hydrogens is 268 g/mol. The molecule has 1 aromatic rings. The van der Waals surface area contributed by atoms with Crippen molar-refractivity contribution in [2.45, 2.75) is 52.5 Å². The van der Waals surface area contributed by atoms with E-state index in [4.69, 9.17) is 0 Å². The lowest BCUT2D eigenvalue weighted by Crippen LogP contribution is -2.39. The Kier molecular flexibility index (Phi) is 5.00. The van der Waals surface area contributed by atoms with E-state index in [-0.39, 0.29) is 0 Å². The molecule has 0 bridgehead atoms. The van der Waals surface area contributed by atoms with Crippen LogP contribution in [0.3, 0.4) is 0 Å². The third-order valence-corrected chi connectivity index (χ3v) is 5.41. The monoisotopic (exact) mass is 298 g/mol. The minimum Gasteiger partial charge on any atom is -0.309 e. The molecule has 0 fully saturated rings. The Bertz CT molecular complexity index is 555. The molecule has 1 unspecified atom stereocenters. The number of likely N-dealkylation sites (N-methyl/N-ethyl adjacent to an activating group) is 1. The quantitative estimate of drug-likeness (QED) is 0.859. The van der Waals surface area contributed by atoms with Gasteiger partial charge in [-0.3, -0.25) is 0 Å². The van der Waals surface area contributed by atoms with Crippen molar-refractivity contribution in [2.75, 3.05) is 26.2 Å². The van der Waals surface area contributed by atoms with Crippen LogP contribution in [0.2, 0.25) is 0 Å². The van der Waals surface area contributed by atoms with Crippen molar-refractivity contribution < 1.29 is 0 Å². The number of hydrogen-bond acceptors (Lipinski definition) is 2. The highest BCUT2D eigenvalue weighted by Crippen LogP contribution is 2.41. The van der Waals surface area contributed by atoms with Crippen LogP contribution in [0, 0.1) is 6.92 Å². The molecule has 0 amide bonds. The largest absolute Gasteiger partial charge is 0.309 e. The number of benzene rings is 1. The second-order valence-corrected chi connectivity index (χ2v) is 6.77. The maximum atomic E-state index is 3.84. The van der Waals surface area contributed by atoms with Crippen molar-refractivity contribution in [3.05, 3.63) is 40.5 Å². The van der Waals surface area contributed by atoms with Gasteiger partial charge in [-0.2, -0.15) is 0 Å². The number of rotatable bonds is 6. The normalized spacial score (nSPS) is 20.5. The lowest BCUT2D eigenvalue weighted by atomic mass is 9.87. The van der Waals surface area contributed by atoms with E-state index in [2.05, 4.69) is 49.2 Å². The van der Waals surface area contributed by atoms with Crippen LogP contribution in [0.4, 0.5) is 0 Å². The molecule has 0 saturated carbocycles. The molecule has 2 aliphatic rings. The van der Waals surface area contributed by atoms with Gasteiger partial charge in [0.2, 0.25) is 0 Å². The summed E-state index contributed by atoms with van der Waals surface area (Å²) < 4.78 is 0. The van der Waals surface area contributed by atoms with Crippen molar-refractivity contribution in [2.24, 2.45) is 0 Å². The number of allylic oxidation sites excluding steroid dienone is 1. The Morgan fingerprint density at radius 3 is 2.82 bits per heavy atom. The average Bonchev–Trinajstić information content (AvgIpc) is 2.90. The van der Waals surface area contributed by atoms with Crippen LogP contribution in [-0.4, -0.2) is 37.1 Å². The average molecular weight is 298 g/mol. The zero-order valence-corrected chi connectivity index (χ0v) is 14.4. The number of aryl methyl sites for hydroxylation is 1. The highest BCUT2D eigenvalue weighted by molar-refractivity contribution is 5.78. The summed E-state index contributed by atoms with van der Waals surface area (Å²) >= 11 is 0. The van der Waals surface area contributed by atoms with Gasteiger partial charge in [0.1, 0.15) is 0 Å². The molecule has 120 valence electrons. The van der Waals surface area contributed by atoms with E-state index in [0.29, 0.717) is 6.04 Å². The van der Waals surface area contributed by atoms with Crippen LogP contribution in [-0.2, 0) is 6.42 Å². The summed E-state index contributed by atoms with van der Waals surface area (Å²) in [6, 6.07) is 7.61. The summed E-state index contributed by atoms with van der Waals surface area (Å²) in [6.45, 7) is 11.3. The third-order valence-electron chi connectivity index (χ3n) is 5.41. The smallest absolute Gasteiger partial charge is 0.0289 e. The second kappa shape index (κ2) is 6.97. The third kappa shape index (κ3) is 3.13. The molecule has 1 N–H and O–H groups in total. The van der Waals surface area contributed by atoms with Gasteiger partial charge in [-0.25, -0.2) is 0 Å². The van der Waals surface area contributed by atoms with Gasteiger partial charge in [0, 0.05) is 19.1 Å². The molecule has 1 atom stereocenters. The molecule has 0 saturated heterocycles. The fourth-order valence-electron chi connectivity index (χ4n) is 4.06. The minimum absolute atomic E-state index is 0.604. The molecule has 0 aromatic heterocycles. The summed E-state index contributed by atoms with van der Waals surface area (Å²) in [5.41, 5.74) is 7.83. The topological polar surface area (TPSA) is 15.3 Å². The molecule has 22 heavy (non-hydrogen) atoms. The molecule has 0 spiro atoms. The first-order chi connectivity index (χ1) is 10.7. The lowest BCUT2D eigenvalue weighted by molar-refractivity contribution is 0.296. The number of hydrogen-bond donors (Lipinski definition) is 1. The van der Waals surface area contributed by atoms with Crippen LogP contribution >= 0.6 is 0 Å². The molecule has 0 heterocycles. The molecule has 0 aliphatic heterocycles. The zero-order chi connectivity index (χ0) is 15.5. The summed E-state index contributed by atoms with van der Waals surface area (Å²) in [4.78, 5) is 2.50. The number of nitrogens with one attached hydrogen (secondary N) is 1. The summed E-state index contributed by atoms with van der Waals surface area (Å²) in [6.07, 6.45) is 5.09. The molecule has 1 aromatic carbocycles. The van der Waals surface area contributed by atoms with Crippen molar-refractivity contribution in [1.29, 1.82) is 0 Å². The first-order valence-corrected chi connectivity index (χ1v) is 9.00. The van der Waals surface area contributed by atoms with Crippen molar-refractivity contribution in [3.8, 4) is 0 Å². The van der Waals surface area contributed by atoms with E-state index in [1.54, 1.807) is 22.3 Å². The molecular formula is C20H30N2. The van der Waals surface area contributed by atoms with Crippen molar-refractivity contribution >= 4 is 5.57 Å². The number of nitrogens with zero attached hydrogens (tertiary/aromatic N) is 1. The number of fused-ring (bicyclic) bond motifs is 2. The molecule has 2 heteroatoms. The molecule has 2 nitrogen and oxygen atoms in total. The van der Waals surface area contributed by atoms with Gasteiger partial charge in [-0.1, -0.05) is 37.6 Å². The van der Waals surface area contributed by atoms with E-state index >= 15 is 0 Å². The van der Waals surface area contributed by atoms with Crippen LogP contribution in [0.1, 0.15) is 49.8 Å². The zero-order valence-electron chi connectivity index (χ0n) is 14.4. The maximum absolute atomic E-state index is 3.84. The highest BCUT2D eigenvalue weighted by Gasteiger charge is 2.29. The van der Waals surface area contributed by atoms with E-state index in [9.17, 15) is 0 Å². The van der Waals surface area contributed by atoms with Gasteiger partial charge in [-0.05, 0) is 68.0 Å². The molecule has 0 radical (unpaired) electrons. The van der Waals surface area contributed by atoms with Gasteiger partial charge >= 0.3 is 0 Å².